The van der Waals surface area contributed by atoms with Gasteiger partial charge in [0.25, 0.3) is 15.9 Å². The first kappa shape index (κ1) is 21.6. The molecule has 2 N–H and O–H groups in total. The summed E-state index contributed by atoms with van der Waals surface area (Å²) in [5, 5.41) is 7.73. The zero-order valence-corrected chi connectivity index (χ0v) is 18.5. The zero-order chi connectivity index (χ0) is 22.9. The average Bonchev–Trinajstić information content (AvgIpc) is 2.77. The molecule has 1 aliphatic rings. The zero-order valence-electron chi connectivity index (χ0n) is 16.8. The molecule has 2 amide bonds. The number of amides is 2. The maximum absolute atomic E-state index is 12.9. The molecule has 0 aliphatic carbocycles. The number of aryl methyl sites for hydroxylation is 1. The van der Waals surface area contributed by atoms with Crippen LogP contribution in [0.15, 0.2) is 76.7 Å². The van der Waals surface area contributed by atoms with Gasteiger partial charge >= 0.3 is 0 Å². The van der Waals surface area contributed by atoms with Crippen molar-refractivity contribution in [2.24, 2.45) is 11.0 Å². The van der Waals surface area contributed by atoms with Gasteiger partial charge in [-0.15, -0.1) is 0 Å². The average molecular weight is 467 g/mol. The van der Waals surface area contributed by atoms with Crippen molar-refractivity contribution in [2.75, 3.05) is 4.90 Å². The third kappa shape index (κ3) is 4.23. The van der Waals surface area contributed by atoms with Gasteiger partial charge in [0.2, 0.25) is 5.91 Å². The van der Waals surface area contributed by atoms with Crippen LogP contribution in [0.3, 0.4) is 0 Å². The van der Waals surface area contributed by atoms with Crippen LogP contribution in [0.2, 0.25) is 0 Å². The molecule has 3 aromatic rings. The monoisotopic (exact) mass is 466 g/mol. The molecule has 4 rings (SSSR count). The van der Waals surface area contributed by atoms with Crippen LogP contribution in [0, 0.1) is 12.8 Å². The van der Waals surface area contributed by atoms with Gasteiger partial charge in [-0.25, -0.2) is 4.83 Å². The first-order valence-electron chi connectivity index (χ1n) is 9.55. The summed E-state index contributed by atoms with van der Waals surface area (Å²) in [6, 6.07) is 19.0. The molecule has 1 heterocycles. The van der Waals surface area contributed by atoms with Crippen LogP contribution < -0.4 is 15.0 Å². The number of anilines is 1. The minimum absolute atomic E-state index is 0.00947. The highest BCUT2D eigenvalue weighted by atomic mass is 32.2. The van der Waals surface area contributed by atoms with Gasteiger partial charge in [-0.3, -0.25) is 14.5 Å². The molecule has 1 atom stereocenters. The van der Waals surface area contributed by atoms with E-state index in [1.807, 2.05) is 37.3 Å². The Morgan fingerprint density at radius 2 is 1.72 bits per heavy atom. The predicted molar refractivity (Wildman–Crippen MR) is 126 cm³/mol. The fourth-order valence-corrected chi connectivity index (χ4v) is 4.35. The third-order valence-corrected chi connectivity index (χ3v) is 6.43. The smallest absolute Gasteiger partial charge is 0.276 e. The number of benzene rings is 3. The molecule has 0 aromatic heterocycles. The molecule has 0 bridgehead atoms. The van der Waals surface area contributed by atoms with Gasteiger partial charge in [0.15, 0.2) is 11.0 Å². The van der Waals surface area contributed by atoms with E-state index >= 15 is 0 Å². The van der Waals surface area contributed by atoms with Crippen molar-refractivity contribution in [3.63, 3.8) is 0 Å². The van der Waals surface area contributed by atoms with Crippen LogP contribution in [0.4, 0.5) is 5.69 Å². The number of carbonyl (C=O) groups is 2. The SMILES string of the molecule is Cc1ccc(N2C(=O)[C@@H](/C=N\NS(=O)(=O)c3ccc4ccccc4c3)C(=O)NC2=S)cc1. The second-order valence-corrected chi connectivity index (χ2v) is 9.21. The van der Waals surface area contributed by atoms with Gasteiger partial charge in [-0.2, -0.15) is 13.5 Å². The van der Waals surface area contributed by atoms with Crippen LogP contribution in [0.25, 0.3) is 10.8 Å². The van der Waals surface area contributed by atoms with Gasteiger partial charge in [0.1, 0.15) is 0 Å². The van der Waals surface area contributed by atoms with Crippen LogP contribution in [-0.2, 0) is 19.6 Å². The summed E-state index contributed by atoms with van der Waals surface area (Å²) in [4.78, 5) is 28.5. The number of hydrogen-bond acceptors (Lipinski definition) is 6. The van der Waals surface area contributed by atoms with Crippen molar-refractivity contribution in [1.82, 2.24) is 10.1 Å². The van der Waals surface area contributed by atoms with Crippen molar-refractivity contribution in [3.05, 3.63) is 72.3 Å². The normalized spacial score (nSPS) is 17.1. The fourth-order valence-electron chi connectivity index (χ4n) is 3.22. The number of fused-ring (bicyclic) bond motifs is 1. The summed E-state index contributed by atoms with van der Waals surface area (Å²) in [7, 11) is -4.00. The molecule has 0 saturated carbocycles. The van der Waals surface area contributed by atoms with Gasteiger partial charge in [0.05, 0.1) is 10.6 Å². The molecule has 32 heavy (non-hydrogen) atoms. The quantitative estimate of drug-likeness (QED) is 0.260. The van der Waals surface area contributed by atoms with Crippen molar-refractivity contribution in [2.45, 2.75) is 11.8 Å². The lowest BCUT2D eigenvalue weighted by Crippen LogP contribution is -2.58. The molecule has 1 fully saturated rings. The van der Waals surface area contributed by atoms with Crippen LogP contribution in [0.1, 0.15) is 5.56 Å². The molecule has 1 saturated heterocycles. The largest absolute Gasteiger partial charge is 0.301 e. The van der Waals surface area contributed by atoms with E-state index in [-0.39, 0.29) is 10.0 Å². The summed E-state index contributed by atoms with van der Waals surface area (Å²) < 4.78 is 25.2. The maximum Gasteiger partial charge on any atom is 0.276 e. The maximum atomic E-state index is 12.9. The Labute approximate surface area is 190 Å². The fraction of sp³-hybridized carbons (Fsp3) is 0.0909. The predicted octanol–water partition coefficient (Wildman–Crippen LogP) is 2.48. The molecule has 1 aliphatic heterocycles. The van der Waals surface area contributed by atoms with E-state index in [1.165, 1.54) is 17.0 Å². The van der Waals surface area contributed by atoms with Crippen LogP contribution in [0.5, 0.6) is 0 Å². The van der Waals surface area contributed by atoms with E-state index < -0.39 is 27.8 Å². The number of hydrazone groups is 1. The van der Waals surface area contributed by atoms with E-state index in [1.54, 1.807) is 24.3 Å². The topological polar surface area (TPSA) is 108 Å². The van der Waals surface area contributed by atoms with Crippen LogP contribution >= 0.6 is 12.2 Å². The molecule has 3 aromatic carbocycles. The lowest BCUT2D eigenvalue weighted by atomic mass is 10.1. The lowest BCUT2D eigenvalue weighted by Gasteiger charge is -2.30. The number of carbonyl (C=O) groups excluding carboxylic acids is 2. The van der Waals surface area contributed by atoms with Crippen molar-refractivity contribution >= 4 is 61.8 Å². The second kappa shape index (κ2) is 8.48. The number of rotatable bonds is 5. The molecular weight excluding hydrogens is 448 g/mol. The Morgan fingerprint density at radius 1 is 1.03 bits per heavy atom. The summed E-state index contributed by atoms with van der Waals surface area (Å²) in [5.41, 5.74) is 1.48. The highest BCUT2D eigenvalue weighted by Crippen LogP contribution is 2.21. The molecular formula is C22H18N4O4S2. The first-order valence-corrected chi connectivity index (χ1v) is 11.4. The number of sulfonamides is 1. The molecule has 162 valence electrons. The Kier molecular flexibility index (Phi) is 5.72. The Morgan fingerprint density at radius 3 is 2.44 bits per heavy atom. The minimum atomic E-state index is -4.00. The second-order valence-electron chi connectivity index (χ2n) is 7.16. The van der Waals surface area contributed by atoms with Crippen molar-refractivity contribution in [1.29, 1.82) is 0 Å². The van der Waals surface area contributed by atoms with Gasteiger partial charge < -0.3 is 5.32 Å². The van der Waals surface area contributed by atoms with Gasteiger partial charge in [-0.05, 0) is 54.2 Å². The van der Waals surface area contributed by atoms with E-state index in [0.717, 1.165) is 22.6 Å². The number of thiocarbonyl (C=S) groups is 1. The summed E-state index contributed by atoms with van der Waals surface area (Å²) in [5.74, 6) is -2.66. The van der Waals surface area contributed by atoms with E-state index in [0.29, 0.717) is 5.69 Å². The highest BCUT2D eigenvalue weighted by molar-refractivity contribution is 7.89. The van der Waals surface area contributed by atoms with E-state index in [9.17, 15) is 18.0 Å². The van der Waals surface area contributed by atoms with Crippen molar-refractivity contribution < 1.29 is 18.0 Å². The molecule has 10 heteroatoms. The Hall–Kier alpha value is -3.63. The number of nitrogens with zero attached hydrogens (tertiary/aromatic N) is 2. The lowest BCUT2D eigenvalue weighted by molar-refractivity contribution is -0.130. The summed E-state index contributed by atoms with van der Waals surface area (Å²) in [6.07, 6.45) is 0.958. The van der Waals surface area contributed by atoms with Gasteiger partial charge in [0, 0.05) is 6.21 Å². The third-order valence-electron chi connectivity index (χ3n) is 4.92. The number of nitrogens with one attached hydrogen (secondary N) is 2. The van der Waals surface area contributed by atoms with Gasteiger partial charge in [-0.1, -0.05) is 48.0 Å². The molecule has 0 radical (unpaired) electrons. The molecule has 0 unspecified atom stereocenters. The summed E-state index contributed by atoms with van der Waals surface area (Å²) >= 11 is 5.14. The molecule has 0 spiro atoms. The van der Waals surface area contributed by atoms with E-state index in [4.69, 9.17) is 12.2 Å². The minimum Gasteiger partial charge on any atom is -0.301 e. The van der Waals surface area contributed by atoms with Crippen molar-refractivity contribution in [3.8, 4) is 0 Å². The van der Waals surface area contributed by atoms with Crippen LogP contribution in [-0.4, -0.2) is 31.6 Å². The molecule has 8 nitrogen and oxygen atoms in total. The first-order chi connectivity index (χ1) is 15.3. The van der Waals surface area contributed by atoms with E-state index in [2.05, 4.69) is 15.2 Å². The Bertz CT molecular complexity index is 1370. The standard InChI is InChI=1S/C22H18N4O4S2/c1-14-6-9-17(10-7-14)26-21(28)19(20(27)24-22(26)31)13-23-25-32(29,30)18-11-8-15-4-2-3-5-16(15)12-18/h2-13,19,25H,1H3,(H,24,27,31)/b23-13-/t19-/m0/s1. The number of hydrogen-bond donors (Lipinski definition) is 2. The highest BCUT2D eigenvalue weighted by Gasteiger charge is 2.38. The Balaban J connectivity index is 1.54. The summed E-state index contributed by atoms with van der Waals surface area (Å²) in [6.45, 7) is 1.90.